The second-order valence-corrected chi connectivity index (χ2v) is 15.7. The molecule has 6 heteroatoms. The van der Waals surface area contributed by atoms with E-state index >= 15 is 0 Å². The second-order valence-electron chi connectivity index (χ2n) is 14.6. The fraction of sp³-hybridized carbons (Fsp3) is 0.0667. The van der Waals surface area contributed by atoms with Crippen molar-refractivity contribution in [3.05, 3.63) is 144 Å². The van der Waals surface area contributed by atoms with Crippen molar-refractivity contribution in [2.75, 3.05) is 0 Å². The first-order chi connectivity index (χ1) is 25.1. The first-order valence-electron chi connectivity index (χ1n) is 17.6. The molecule has 0 saturated carbocycles. The van der Waals surface area contributed by atoms with Crippen LogP contribution in [0.4, 0.5) is 0 Å². The fourth-order valence-electron chi connectivity index (χ4n) is 10.5. The van der Waals surface area contributed by atoms with Crippen molar-refractivity contribution in [3.8, 4) is 22.8 Å². The van der Waals surface area contributed by atoms with Gasteiger partial charge in [0.15, 0.2) is 5.69 Å². The van der Waals surface area contributed by atoms with Crippen LogP contribution in [0.1, 0.15) is 22.3 Å². The van der Waals surface area contributed by atoms with E-state index in [9.17, 15) is 0 Å². The number of ether oxygens (including phenoxy) is 1. The van der Waals surface area contributed by atoms with E-state index in [4.69, 9.17) is 4.74 Å². The van der Waals surface area contributed by atoms with Gasteiger partial charge in [-0.1, -0.05) is 54.6 Å². The summed E-state index contributed by atoms with van der Waals surface area (Å²) in [5, 5.41) is 10.2. The van der Waals surface area contributed by atoms with Crippen LogP contribution in [0.25, 0.3) is 86.1 Å². The lowest BCUT2D eigenvalue weighted by Crippen LogP contribution is -2.71. The molecule has 1 unspecified atom stereocenters. The van der Waals surface area contributed by atoms with Crippen molar-refractivity contribution in [3.63, 3.8) is 0 Å². The minimum absolute atomic E-state index is 0.653. The number of para-hydroxylation sites is 1. The van der Waals surface area contributed by atoms with Gasteiger partial charge in [-0.3, -0.25) is 0 Å². The van der Waals surface area contributed by atoms with E-state index in [1.165, 1.54) is 108 Å². The number of hydrogen-bond donors (Lipinski definition) is 0. The summed E-state index contributed by atoms with van der Waals surface area (Å²) in [7, 11) is 0. The highest BCUT2D eigenvalue weighted by atomic mass is 32.1. The van der Waals surface area contributed by atoms with Crippen LogP contribution in [0.2, 0.25) is 0 Å². The molecule has 3 aliphatic heterocycles. The Bertz CT molecular complexity index is 3530. The van der Waals surface area contributed by atoms with Gasteiger partial charge >= 0.3 is 5.66 Å². The third-order valence-electron chi connectivity index (χ3n) is 12.4. The minimum atomic E-state index is -0.653. The number of pyridine rings is 2. The zero-order valence-electron chi connectivity index (χ0n) is 27.7. The summed E-state index contributed by atoms with van der Waals surface area (Å²) in [4.78, 5) is 0. The number of nitrogens with zero attached hydrogens (tertiary/aromatic N) is 4. The minimum Gasteiger partial charge on any atom is -0.456 e. The van der Waals surface area contributed by atoms with Crippen LogP contribution in [0.15, 0.2) is 122 Å². The summed E-state index contributed by atoms with van der Waals surface area (Å²) >= 11 is 1.89. The van der Waals surface area contributed by atoms with Gasteiger partial charge in [0, 0.05) is 53.3 Å². The highest BCUT2D eigenvalue weighted by Gasteiger charge is 2.65. The molecule has 5 nitrogen and oxygen atoms in total. The standard InChI is InChI=1S/C45H26N4OS/c1-23-8-7-9-24(2)38(23)33-22-48-44-40-28(29-20-30-26-11-4-6-13-36(26)51-37(30)21-32(29)49(33)44)15-17-35-42(40)45(48)41-34(50-35)16-14-27-25-10-3-5-12-31(25)46-18-19-47(45)43(46)39(27)41/h3-22H,1-2H3/q+2. The van der Waals surface area contributed by atoms with Crippen LogP contribution >= 0.6 is 11.3 Å². The van der Waals surface area contributed by atoms with Gasteiger partial charge in [-0.25, -0.2) is 0 Å². The lowest BCUT2D eigenvalue weighted by Gasteiger charge is -2.30. The average Bonchev–Trinajstić information content (AvgIpc) is 3.96. The quantitative estimate of drug-likeness (QED) is 0.126. The Hall–Kier alpha value is -6.24. The molecule has 11 aromatic rings. The molecule has 3 aliphatic rings. The number of benzene rings is 6. The molecule has 0 radical (unpaired) electrons. The summed E-state index contributed by atoms with van der Waals surface area (Å²) in [6.45, 7) is 4.51. The van der Waals surface area contributed by atoms with E-state index in [1.807, 2.05) is 11.3 Å². The highest BCUT2D eigenvalue weighted by Crippen LogP contribution is 2.58. The summed E-state index contributed by atoms with van der Waals surface area (Å²) in [5.74, 6) is 1.86. The van der Waals surface area contributed by atoms with Gasteiger partial charge in [-0.2, -0.15) is 17.9 Å². The number of fused-ring (bicyclic) bond motifs is 9. The van der Waals surface area contributed by atoms with Crippen LogP contribution in [-0.2, 0) is 5.66 Å². The average molecular weight is 671 g/mol. The van der Waals surface area contributed by atoms with Gasteiger partial charge in [0.05, 0.1) is 10.8 Å². The molecule has 0 bridgehead atoms. The van der Waals surface area contributed by atoms with Crippen LogP contribution in [0.3, 0.4) is 0 Å². The van der Waals surface area contributed by atoms with Crippen molar-refractivity contribution in [2.45, 2.75) is 19.5 Å². The molecular formula is C45H26N4OS+2. The van der Waals surface area contributed by atoms with E-state index < -0.39 is 5.66 Å². The monoisotopic (exact) mass is 670 g/mol. The van der Waals surface area contributed by atoms with Gasteiger partial charge in [0.1, 0.15) is 52.2 Å². The number of aromatic nitrogens is 4. The Morgan fingerprint density at radius 2 is 1.33 bits per heavy atom. The van der Waals surface area contributed by atoms with Crippen molar-refractivity contribution < 1.29 is 13.9 Å². The summed E-state index contributed by atoms with van der Waals surface area (Å²) in [6, 6.07) is 38.3. The van der Waals surface area contributed by atoms with E-state index in [-0.39, 0.29) is 0 Å². The maximum atomic E-state index is 6.99. The normalized spacial score (nSPS) is 16.7. The van der Waals surface area contributed by atoms with Gasteiger partial charge in [0.2, 0.25) is 0 Å². The summed E-state index contributed by atoms with van der Waals surface area (Å²) < 4.78 is 19.8. The van der Waals surface area contributed by atoms with E-state index in [0.717, 1.165) is 11.5 Å². The largest absolute Gasteiger partial charge is 0.456 e. The maximum Gasteiger partial charge on any atom is 0.315 e. The maximum absolute atomic E-state index is 6.99. The third-order valence-corrected chi connectivity index (χ3v) is 13.5. The van der Waals surface area contributed by atoms with Crippen molar-refractivity contribution in [1.29, 1.82) is 0 Å². The Labute approximate surface area is 294 Å². The van der Waals surface area contributed by atoms with E-state index in [2.05, 4.69) is 154 Å². The highest BCUT2D eigenvalue weighted by molar-refractivity contribution is 7.25. The van der Waals surface area contributed by atoms with E-state index in [0.29, 0.717) is 0 Å². The van der Waals surface area contributed by atoms with Gasteiger partial charge < -0.3 is 4.74 Å². The molecule has 1 atom stereocenters. The van der Waals surface area contributed by atoms with Crippen molar-refractivity contribution in [1.82, 2.24) is 8.80 Å². The number of aryl methyl sites for hydroxylation is 2. The molecule has 5 aromatic heterocycles. The molecule has 0 saturated heterocycles. The Balaban J connectivity index is 1.27. The molecule has 8 heterocycles. The number of imidazole rings is 2. The zero-order chi connectivity index (χ0) is 33.1. The SMILES string of the molecule is Cc1cccc(C)c1-c1c[n+]2c3c4c5c(ccc4c4cc6c(cc4n13)sc1ccccc16)Oc1ccc3c4ccccc4n4cc[n+]6c4c3c1C562. The fourth-order valence-corrected chi connectivity index (χ4v) is 11.6. The number of thiophene rings is 1. The Morgan fingerprint density at radius 1 is 0.608 bits per heavy atom. The van der Waals surface area contributed by atoms with Crippen LogP contribution in [0.5, 0.6) is 11.5 Å². The predicted molar refractivity (Wildman–Crippen MR) is 205 cm³/mol. The van der Waals surface area contributed by atoms with Crippen LogP contribution in [0, 0.1) is 13.8 Å². The van der Waals surface area contributed by atoms with Gasteiger partial charge in [-0.05, 0) is 67.4 Å². The molecule has 1 spiro atoms. The first-order valence-corrected chi connectivity index (χ1v) is 18.4. The molecule has 236 valence electrons. The molecule has 51 heavy (non-hydrogen) atoms. The molecular weight excluding hydrogens is 645 g/mol. The molecule has 0 fully saturated rings. The lowest BCUT2D eigenvalue weighted by molar-refractivity contribution is -0.944. The number of hydrogen-bond acceptors (Lipinski definition) is 2. The first kappa shape index (κ1) is 25.7. The van der Waals surface area contributed by atoms with Crippen LogP contribution < -0.4 is 13.9 Å². The molecule has 6 aromatic carbocycles. The Kier molecular flexibility index (Phi) is 4.05. The van der Waals surface area contributed by atoms with Gasteiger partial charge in [0.25, 0.3) is 11.3 Å². The lowest BCUT2D eigenvalue weighted by atomic mass is 9.85. The van der Waals surface area contributed by atoms with E-state index in [1.54, 1.807) is 0 Å². The molecule has 0 aliphatic carbocycles. The predicted octanol–water partition coefficient (Wildman–Crippen LogP) is 10.1. The Morgan fingerprint density at radius 3 is 2.16 bits per heavy atom. The second kappa shape index (κ2) is 8.04. The van der Waals surface area contributed by atoms with Crippen molar-refractivity contribution in [2.24, 2.45) is 0 Å². The molecule has 0 amide bonds. The van der Waals surface area contributed by atoms with Crippen LogP contribution in [-0.4, -0.2) is 8.80 Å². The summed E-state index contributed by atoms with van der Waals surface area (Å²) in [6.07, 6.45) is 7.02. The smallest absolute Gasteiger partial charge is 0.315 e. The van der Waals surface area contributed by atoms with Gasteiger partial charge in [-0.15, -0.1) is 11.3 Å². The third kappa shape index (κ3) is 2.56. The number of rotatable bonds is 1. The molecule has 14 rings (SSSR count). The summed E-state index contributed by atoms with van der Waals surface area (Å²) in [5.41, 5.74) is 11.7. The molecule has 0 N–H and O–H groups in total. The zero-order valence-corrected chi connectivity index (χ0v) is 28.5. The topological polar surface area (TPSA) is 25.8 Å². The van der Waals surface area contributed by atoms with Crippen molar-refractivity contribution >= 4 is 86.2 Å².